The van der Waals surface area contributed by atoms with Crippen LogP contribution in [0.3, 0.4) is 0 Å². The third-order valence-electron chi connectivity index (χ3n) is 4.38. The van der Waals surface area contributed by atoms with Gasteiger partial charge in [0.2, 0.25) is 0 Å². The summed E-state index contributed by atoms with van der Waals surface area (Å²) >= 11 is 0. The van der Waals surface area contributed by atoms with Crippen LogP contribution in [0, 0.1) is 0 Å². The van der Waals surface area contributed by atoms with Crippen LogP contribution in [-0.4, -0.2) is 37.9 Å². The molecule has 112 valence electrons. The van der Waals surface area contributed by atoms with Crippen molar-refractivity contribution in [1.29, 1.82) is 0 Å². The van der Waals surface area contributed by atoms with Crippen LogP contribution in [0.2, 0.25) is 0 Å². The molecular weight excluding hydrogens is 252 g/mol. The first-order valence-electron chi connectivity index (χ1n) is 7.88. The molecule has 1 aliphatic carbocycles. The van der Waals surface area contributed by atoms with Gasteiger partial charge in [-0.25, -0.2) is 0 Å². The third kappa shape index (κ3) is 3.55. The minimum atomic E-state index is -0.0382. The highest BCUT2D eigenvalue weighted by molar-refractivity contribution is 5.23. The molecule has 2 aliphatic heterocycles. The number of rotatable bonds is 4. The molecule has 0 aromatic carbocycles. The van der Waals surface area contributed by atoms with E-state index in [9.17, 15) is 0 Å². The molecule has 4 nitrogen and oxygen atoms in total. The van der Waals surface area contributed by atoms with E-state index in [1.807, 2.05) is 0 Å². The predicted molar refractivity (Wildman–Crippen MR) is 79.4 cm³/mol. The van der Waals surface area contributed by atoms with Gasteiger partial charge in [-0.3, -0.25) is 0 Å². The molecule has 0 radical (unpaired) electrons. The first kappa shape index (κ1) is 14.0. The number of ether oxygens (including phenoxy) is 2. The summed E-state index contributed by atoms with van der Waals surface area (Å²) in [6.07, 6.45) is 9.89. The van der Waals surface area contributed by atoms with Crippen LogP contribution in [0.4, 0.5) is 0 Å². The highest BCUT2D eigenvalue weighted by atomic mass is 16.5. The van der Waals surface area contributed by atoms with Crippen molar-refractivity contribution in [2.75, 3.05) is 26.3 Å². The number of allylic oxidation sites excluding steroid dienone is 3. The first-order valence-corrected chi connectivity index (χ1v) is 7.88. The minimum Gasteiger partial charge on any atom is -0.486 e. The molecular formula is C16H26N2O2. The molecule has 3 rings (SSSR count). The standard InChI is InChI=1S/C16H26N2O2/c1-16(7-8-17-12-16)20-15-4-2-3-14(11-15)18-13-5-9-19-10-6-13/h4,11,13,17-18H,2-3,5-10,12H2,1H3/t16-/m0/s1. The highest BCUT2D eigenvalue weighted by Crippen LogP contribution is 2.26. The lowest BCUT2D eigenvalue weighted by atomic mass is 10.0. The fourth-order valence-electron chi connectivity index (χ4n) is 3.13. The molecule has 0 amide bonds. The molecule has 2 N–H and O–H groups in total. The number of hydrogen-bond donors (Lipinski definition) is 2. The van der Waals surface area contributed by atoms with E-state index in [1.54, 1.807) is 0 Å². The van der Waals surface area contributed by atoms with Gasteiger partial charge < -0.3 is 20.1 Å². The zero-order chi connectivity index (χ0) is 13.8. The van der Waals surface area contributed by atoms with Crippen LogP contribution < -0.4 is 10.6 Å². The third-order valence-corrected chi connectivity index (χ3v) is 4.38. The monoisotopic (exact) mass is 278 g/mol. The summed E-state index contributed by atoms with van der Waals surface area (Å²) in [5.41, 5.74) is 1.28. The first-order chi connectivity index (χ1) is 9.73. The van der Waals surface area contributed by atoms with Gasteiger partial charge >= 0.3 is 0 Å². The summed E-state index contributed by atoms with van der Waals surface area (Å²) in [5, 5.41) is 7.05. The predicted octanol–water partition coefficient (Wildman–Crippen LogP) is 2.09. The molecule has 0 aromatic rings. The summed E-state index contributed by atoms with van der Waals surface area (Å²) < 4.78 is 11.6. The Bertz CT molecular complexity index is 391. The van der Waals surface area contributed by atoms with E-state index in [2.05, 4.69) is 29.7 Å². The van der Waals surface area contributed by atoms with E-state index >= 15 is 0 Å². The van der Waals surface area contributed by atoms with Gasteiger partial charge in [-0.1, -0.05) is 0 Å². The maximum atomic E-state index is 6.22. The van der Waals surface area contributed by atoms with Gasteiger partial charge in [0.15, 0.2) is 0 Å². The summed E-state index contributed by atoms with van der Waals surface area (Å²) in [7, 11) is 0. The van der Waals surface area contributed by atoms with E-state index in [4.69, 9.17) is 9.47 Å². The lowest BCUT2D eigenvalue weighted by molar-refractivity contribution is 0.0420. The molecule has 3 aliphatic rings. The molecule has 2 heterocycles. The van der Waals surface area contributed by atoms with E-state index in [0.29, 0.717) is 6.04 Å². The van der Waals surface area contributed by atoms with Gasteiger partial charge in [0.25, 0.3) is 0 Å². The zero-order valence-electron chi connectivity index (χ0n) is 12.4. The van der Waals surface area contributed by atoms with E-state index in [1.165, 1.54) is 5.70 Å². The largest absolute Gasteiger partial charge is 0.486 e. The Morgan fingerprint density at radius 3 is 3.00 bits per heavy atom. The van der Waals surface area contributed by atoms with Crippen molar-refractivity contribution in [2.24, 2.45) is 0 Å². The molecule has 2 saturated heterocycles. The Hall–Kier alpha value is -1.00. The topological polar surface area (TPSA) is 42.5 Å². The average molecular weight is 278 g/mol. The Balaban J connectivity index is 1.57. The second kappa shape index (κ2) is 6.19. The average Bonchev–Trinajstić information content (AvgIpc) is 2.87. The van der Waals surface area contributed by atoms with Crippen molar-refractivity contribution in [3.8, 4) is 0 Å². The number of hydrogen-bond acceptors (Lipinski definition) is 4. The molecule has 2 fully saturated rings. The zero-order valence-corrected chi connectivity index (χ0v) is 12.4. The van der Waals surface area contributed by atoms with E-state index < -0.39 is 0 Å². The fraction of sp³-hybridized carbons (Fsp3) is 0.750. The van der Waals surface area contributed by atoms with Gasteiger partial charge in [-0.2, -0.15) is 0 Å². The second-order valence-corrected chi connectivity index (χ2v) is 6.32. The van der Waals surface area contributed by atoms with Crippen LogP contribution in [0.25, 0.3) is 0 Å². The smallest absolute Gasteiger partial charge is 0.120 e. The summed E-state index contributed by atoms with van der Waals surface area (Å²) in [6.45, 7) is 5.96. The van der Waals surface area contributed by atoms with Gasteiger partial charge in [-0.15, -0.1) is 0 Å². The lowest BCUT2D eigenvalue weighted by Gasteiger charge is -2.29. The summed E-state index contributed by atoms with van der Waals surface area (Å²) in [5.74, 6) is 1.04. The van der Waals surface area contributed by atoms with Crippen LogP contribution >= 0.6 is 0 Å². The Morgan fingerprint density at radius 2 is 2.25 bits per heavy atom. The molecule has 0 bridgehead atoms. The minimum absolute atomic E-state index is 0.0382. The maximum Gasteiger partial charge on any atom is 0.120 e. The molecule has 0 aromatic heterocycles. The Kier molecular flexibility index (Phi) is 4.32. The van der Waals surface area contributed by atoms with Crippen LogP contribution in [0.1, 0.15) is 39.0 Å². The lowest BCUT2D eigenvalue weighted by Crippen LogP contribution is -2.35. The van der Waals surface area contributed by atoms with Crippen molar-refractivity contribution < 1.29 is 9.47 Å². The summed E-state index contributed by atoms with van der Waals surface area (Å²) in [6, 6.07) is 0.568. The van der Waals surface area contributed by atoms with Crippen LogP contribution in [-0.2, 0) is 9.47 Å². The quantitative estimate of drug-likeness (QED) is 0.826. The fourth-order valence-corrected chi connectivity index (χ4v) is 3.13. The van der Waals surface area contributed by atoms with E-state index in [0.717, 1.165) is 64.2 Å². The van der Waals surface area contributed by atoms with Crippen molar-refractivity contribution in [2.45, 2.75) is 50.7 Å². The van der Waals surface area contributed by atoms with Crippen molar-refractivity contribution in [3.63, 3.8) is 0 Å². The summed E-state index contributed by atoms with van der Waals surface area (Å²) in [4.78, 5) is 0. The van der Waals surface area contributed by atoms with Gasteiger partial charge in [-0.05, 0) is 51.3 Å². The Morgan fingerprint density at radius 1 is 1.40 bits per heavy atom. The van der Waals surface area contributed by atoms with Crippen LogP contribution in [0.5, 0.6) is 0 Å². The van der Waals surface area contributed by atoms with Crippen molar-refractivity contribution >= 4 is 0 Å². The SMILES string of the molecule is C[C@]1(OC2=CCCC(NC3CCOCC3)=C2)CCNC1. The highest BCUT2D eigenvalue weighted by Gasteiger charge is 2.31. The van der Waals surface area contributed by atoms with Gasteiger partial charge in [0.1, 0.15) is 11.4 Å². The molecule has 20 heavy (non-hydrogen) atoms. The molecule has 0 unspecified atom stereocenters. The second-order valence-electron chi connectivity index (χ2n) is 6.32. The van der Waals surface area contributed by atoms with Gasteiger partial charge in [0.05, 0.1) is 0 Å². The molecule has 4 heteroatoms. The maximum absolute atomic E-state index is 6.22. The van der Waals surface area contributed by atoms with Gasteiger partial charge in [0, 0.05) is 37.9 Å². The Labute approximate surface area is 121 Å². The normalized spacial score (nSPS) is 31.6. The molecule has 1 atom stereocenters. The molecule has 0 saturated carbocycles. The van der Waals surface area contributed by atoms with E-state index in [-0.39, 0.29) is 5.60 Å². The molecule has 0 spiro atoms. The van der Waals surface area contributed by atoms with Crippen molar-refractivity contribution in [1.82, 2.24) is 10.6 Å². The van der Waals surface area contributed by atoms with Crippen molar-refractivity contribution in [3.05, 3.63) is 23.6 Å². The van der Waals surface area contributed by atoms with Crippen LogP contribution in [0.15, 0.2) is 23.6 Å². The number of nitrogens with one attached hydrogen (secondary N) is 2.